The molecule has 0 saturated heterocycles. The summed E-state index contributed by atoms with van der Waals surface area (Å²) in [5, 5.41) is 5.22. The highest BCUT2D eigenvalue weighted by molar-refractivity contribution is 6.09. The molecule has 0 aliphatic heterocycles. The van der Waals surface area contributed by atoms with Crippen LogP contribution in [0.3, 0.4) is 0 Å². The van der Waals surface area contributed by atoms with Crippen molar-refractivity contribution in [1.29, 1.82) is 0 Å². The Balaban J connectivity index is 1.68. The SMILES string of the molecule is C1=C(c2c(-c3cccc4ccccc34)ccc3ccccc23)Cc2ccccc21. The van der Waals surface area contributed by atoms with Crippen LogP contribution in [0.5, 0.6) is 0 Å². The second-order valence-electron chi connectivity index (χ2n) is 7.78. The summed E-state index contributed by atoms with van der Waals surface area (Å²) in [5.74, 6) is 0. The third-order valence-electron chi connectivity index (χ3n) is 6.10. The summed E-state index contributed by atoms with van der Waals surface area (Å²) < 4.78 is 0. The van der Waals surface area contributed by atoms with Crippen molar-refractivity contribution in [3.8, 4) is 11.1 Å². The number of allylic oxidation sites excluding steroid dienone is 1. The van der Waals surface area contributed by atoms with Crippen molar-refractivity contribution in [2.45, 2.75) is 6.42 Å². The second-order valence-corrected chi connectivity index (χ2v) is 7.78. The fourth-order valence-corrected chi connectivity index (χ4v) is 4.74. The maximum Gasteiger partial charge on any atom is -0.00132 e. The first-order valence-electron chi connectivity index (χ1n) is 10.2. The van der Waals surface area contributed by atoms with Gasteiger partial charge in [-0.25, -0.2) is 0 Å². The summed E-state index contributed by atoms with van der Waals surface area (Å²) in [4.78, 5) is 0. The predicted octanol–water partition coefficient (Wildman–Crippen LogP) is 7.76. The predicted molar refractivity (Wildman–Crippen MR) is 125 cm³/mol. The van der Waals surface area contributed by atoms with E-state index in [9.17, 15) is 0 Å². The van der Waals surface area contributed by atoms with Gasteiger partial charge >= 0.3 is 0 Å². The van der Waals surface area contributed by atoms with Crippen molar-refractivity contribution in [2.24, 2.45) is 0 Å². The third-order valence-corrected chi connectivity index (χ3v) is 6.10. The zero-order valence-corrected chi connectivity index (χ0v) is 16.1. The summed E-state index contributed by atoms with van der Waals surface area (Å²) in [6, 6.07) is 37.4. The van der Waals surface area contributed by atoms with Gasteiger partial charge in [0.25, 0.3) is 0 Å². The topological polar surface area (TPSA) is 0 Å². The van der Waals surface area contributed by atoms with Crippen LogP contribution in [0.25, 0.3) is 44.3 Å². The molecule has 0 fully saturated rings. The van der Waals surface area contributed by atoms with Gasteiger partial charge in [-0.1, -0.05) is 109 Å². The second kappa shape index (κ2) is 6.46. The number of benzene rings is 5. The average molecular weight is 368 g/mol. The van der Waals surface area contributed by atoms with Crippen LogP contribution >= 0.6 is 0 Å². The largest absolute Gasteiger partial charge is 0.0619 e. The van der Waals surface area contributed by atoms with E-state index in [4.69, 9.17) is 0 Å². The summed E-state index contributed by atoms with van der Waals surface area (Å²) in [5.41, 5.74) is 8.17. The van der Waals surface area contributed by atoms with Crippen molar-refractivity contribution < 1.29 is 0 Å². The monoisotopic (exact) mass is 368 g/mol. The molecular weight excluding hydrogens is 348 g/mol. The smallest absolute Gasteiger partial charge is 0.00132 e. The van der Waals surface area contributed by atoms with Gasteiger partial charge in [0, 0.05) is 0 Å². The molecule has 0 amide bonds. The van der Waals surface area contributed by atoms with Gasteiger partial charge in [-0.15, -0.1) is 0 Å². The first-order valence-corrected chi connectivity index (χ1v) is 10.2. The van der Waals surface area contributed by atoms with Crippen LogP contribution in [0.4, 0.5) is 0 Å². The quantitative estimate of drug-likeness (QED) is 0.299. The number of hydrogen-bond donors (Lipinski definition) is 0. The first kappa shape index (κ1) is 16.3. The van der Waals surface area contributed by atoms with Crippen LogP contribution < -0.4 is 0 Å². The van der Waals surface area contributed by atoms with Crippen LogP contribution in [0.1, 0.15) is 16.7 Å². The molecule has 0 saturated carbocycles. The lowest BCUT2D eigenvalue weighted by atomic mass is 9.87. The Hall–Kier alpha value is -3.64. The van der Waals surface area contributed by atoms with Crippen molar-refractivity contribution >= 4 is 33.2 Å². The standard InChI is InChI=1S/C29H20/c1-2-11-23-19-24(18-22(23)10-1)29-26-14-6-4-9-21(26)16-17-28(29)27-15-7-12-20-8-3-5-13-25(20)27/h1-18H,19H2. The average Bonchev–Trinajstić information content (AvgIpc) is 3.22. The molecule has 1 aliphatic carbocycles. The zero-order chi connectivity index (χ0) is 19.2. The van der Waals surface area contributed by atoms with E-state index in [2.05, 4.69) is 109 Å². The Bertz CT molecular complexity index is 1410. The molecule has 0 heteroatoms. The molecule has 5 aromatic carbocycles. The lowest BCUT2D eigenvalue weighted by molar-refractivity contribution is 1.32. The molecule has 0 spiro atoms. The highest BCUT2D eigenvalue weighted by Crippen LogP contribution is 2.42. The zero-order valence-electron chi connectivity index (χ0n) is 16.1. The van der Waals surface area contributed by atoms with Gasteiger partial charge in [-0.3, -0.25) is 0 Å². The molecule has 0 nitrogen and oxygen atoms in total. The van der Waals surface area contributed by atoms with Gasteiger partial charge in [0.1, 0.15) is 0 Å². The van der Waals surface area contributed by atoms with E-state index in [1.807, 2.05) is 0 Å². The Kier molecular flexibility index (Phi) is 3.64. The molecule has 0 aromatic heterocycles. The van der Waals surface area contributed by atoms with E-state index in [1.165, 1.54) is 54.9 Å². The minimum Gasteiger partial charge on any atom is -0.0619 e. The molecule has 0 radical (unpaired) electrons. The van der Waals surface area contributed by atoms with E-state index in [1.54, 1.807) is 0 Å². The van der Waals surface area contributed by atoms with E-state index >= 15 is 0 Å². The third kappa shape index (κ3) is 2.61. The molecular formula is C29H20. The molecule has 1 aliphatic rings. The lowest BCUT2D eigenvalue weighted by Crippen LogP contribution is -1.93. The summed E-state index contributed by atoms with van der Waals surface area (Å²) in [6.07, 6.45) is 3.37. The van der Waals surface area contributed by atoms with E-state index in [-0.39, 0.29) is 0 Å². The van der Waals surface area contributed by atoms with E-state index in [0.29, 0.717) is 0 Å². The summed E-state index contributed by atoms with van der Waals surface area (Å²) >= 11 is 0. The molecule has 0 unspecified atom stereocenters. The maximum absolute atomic E-state index is 2.38. The highest BCUT2D eigenvalue weighted by atomic mass is 14.2. The van der Waals surface area contributed by atoms with Crippen LogP contribution in [0, 0.1) is 0 Å². The maximum atomic E-state index is 2.38. The normalized spacial score (nSPS) is 12.9. The van der Waals surface area contributed by atoms with Crippen LogP contribution in [0.15, 0.2) is 103 Å². The van der Waals surface area contributed by atoms with Crippen LogP contribution in [-0.4, -0.2) is 0 Å². The van der Waals surface area contributed by atoms with Crippen LogP contribution in [-0.2, 0) is 6.42 Å². The van der Waals surface area contributed by atoms with Gasteiger partial charge < -0.3 is 0 Å². The van der Waals surface area contributed by atoms with Crippen molar-refractivity contribution in [3.05, 3.63) is 120 Å². The fraction of sp³-hybridized carbons (Fsp3) is 0.0345. The van der Waals surface area contributed by atoms with Gasteiger partial charge in [0.2, 0.25) is 0 Å². The van der Waals surface area contributed by atoms with Crippen molar-refractivity contribution in [1.82, 2.24) is 0 Å². The molecule has 29 heavy (non-hydrogen) atoms. The molecule has 0 heterocycles. The minimum absolute atomic E-state index is 0.988. The van der Waals surface area contributed by atoms with Crippen molar-refractivity contribution in [2.75, 3.05) is 0 Å². The van der Waals surface area contributed by atoms with E-state index < -0.39 is 0 Å². The van der Waals surface area contributed by atoms with Gasteiger partial charge in [0.05, 0.1) is 0 Å². The van der Waals surface area contributed by atoms with Gasteiger partial charge in [0.15, 0.2) is 0 Å². The molecule has 0 atom stereocenters. The van der Waals surface area contributed by atoms with Crippen molar-refractivity contribution in [3.63, 3.8) is 0 Å². The van der Waals surface area contributed by atoms with Gasteiger partial charge in [-0.05, 0) is 61.4 Å². The van der Waals surface area contributed by atoms with Gasteiger partial charge in [-0.2, -0.15) is 0 Å². The number of fused-ring (bicyclic) bond motifs is 3. The van der Waals surface area contributed by atoms with Crippen LogP contribution in [0.2, 0.25) is 0 Å². The molecule has 5 aromatic rings. The minimum atomic E-state index is 0.988. The molecule has 0 bridgehead atoms. The Morgan fingerprint density at radius 2 is 1.17 bits per heavy atom. The number of rotatable bonds is 2. The Labute approximate surface area is 170 Å². The van der Waals surface area contributed by atoms with E-state index in [0.717, 1.165) is 6.42 Å². The molecule has 6 rings (SSSR count). The summed E-state index contributed by atoms with van der Waals surface area (Å²) in [6.45, 7) is 0. The lowest BCUT2D eigenvalue weighted by Gasteiger charge is -2.16. The summed E-state index contributed by atoms with van der Waals surface area (Å²) in [7, 11) is 0. The Morgan fingerprint density at radius 3 is 2.03 bits per heavy atom. The number of hydrogen-bond acceptors (Lipinski definition) is 0. The highest BCUT2D eigenvalue weighted by Gasteiger charge is 2.20. The Morgan fingerprint density at radius 1 is 0.483 bits per heavy atom. The molecule has 0 N–H and O–H groups in total. The molecule has 136 valence electrons. The first-order chi connectivity index (χ1) is 14.4. The fourth-order valence-electron chi connectivity index (χ4n) is 4.74.